The first-order chi connectivity index (χ1) is 11.0. The number of anilines is 1. The minimum Gasteiger partial charge on any atom is -0.387 e. The molecular weight excluding hydrogens is 357 g/mol. The highest BCUT2D eigenvalue weighted by Crippen LogP contribution is 2.30. The van der Waals surface area contributed by atoms with E-state index in [0.29, 0.717) is 22.8 Å². The fraction of sp³-hybridized carbons (Fsp3) is 0.250. The second kappa shape index (κ2) is 8.55. The molecule has 1 atom stereocenters. The standard InChI is InChI=1S/C16H17Cl2NO3S/c17-9-16(20)13-6-7-14(18)15(8-13)19(11-23(21)22)10-12-4-2-1-3-5-12/h1-8,16,20,23H,9-11H2. The zero-order valence-corrected chi connectivity index (χ0v) is 14.6. The van der Waals surface area contributed by atoms with E-state index in [9.17, 15) is 13.5 Å². The Hall–Kier alpha value is -1.27. The molecule has 0 radical (unpaired) electrons. The number of nitrogens with zero attached hydrogens (tertiary/aromatic N) is 1. The summed E-state index contributed by atoms with van der Waals surface area (Å²) in [5, 5.41) is 10.3. The van der Waals surface area contributed by atoms with Gasteiger partial charge in [-0.2, -0.15) is 0 Å². The highest BCUT2D eigenvalue weighted by atomic mass is 35.5. The first kappa shape index (κ1) is 18.1. The molecule has 7 heteroatoms. The molecule has 0 amide bonds. The maximum atomic E-state index is 11.2. The van der Waals surface area contributed by atoms with Crippen molar-refractivity contribution in [2.24, 2.45) is 0 Å². The Balaban J connectivity index is 2.38. The third-order valence-corrected chi connectivity index (χ3v) is 4.53. The quantitative estimate of drug-likeness (QED) is 0.577. The van der Waals surface area contributed by atoms with Gasteiger partial charge in [0.1, 0.15) is 5.88 Å². The Bertz CT molecular complexity index is 715. The monoisotopic (exact) mass is 373 g/mol. The van der Waals surface area contributed by atoms with E-state index in [-0.39, 0.29) is 11.8 Å². The molecule has 0 spiro atoms. The molecule has 0 saturated carbocycles. The number of hydrogen-bond acceptors (Lipinski definition) is 4. The Morgan fingerprint density at radius 3 is 2.43 bits per heavy atom. The molecule has 0 saturated heterocycles. The van der Waals surface area contributed by atoms with Gasteiger partial charge in [-0.1, -0.05) is 48.0 Å². The van der Waals surface area contributed by atoms with Crippen LogP contribution in [0, 0.1) is 0 Å². The molecule has 0 aromatic heterocycles. The van der Waals surface area contributed by atoms with Crippen molar-refractivity contribution in [3.8, 4) is 0 Å². The largest absolute Gasteiger partial charge is 0.387 e. The van der Waals surface area contributed by atoms with E-state index in [1.54, 1.807) is 23.1 Å². The Morgan fingerprint density at radius 2 is 1.83 bits per heavy atom. The van der Waals surface area contributed by atoms with Crippen LogP contribution in [0.15, 0.2) is 48.5 Å². The summed E-state index contributed by atoms with van der Waals surface area (Å²) >= 11 is 11.9. The minimum absolute atomic E-state index is 0.0512. The molecule has 2 rings (SSSR count). The van der Waals surface area contributed by atoms with E-state index in [0.717, 1.165) is 5.56 Å². The lowest BCUT2D eigenvalue weighted by Crippen LogP contribution is -2.25. The number of alkyl halides is 1. The van der Waals surface area contributed by atoms with Crippen molar-refractivity contribution < 1.29 is 13.5 Å². The van der Waals surface area contributed by atoms with E-state index in [4.69, 9.17) is 23.2 Å². The molecule has 0 bridgehead atoms. The smallest absolute Gasteiger partial charge is 0.158 e. The number of hydrogen-bond donors (Lipinski definition) is 2. The molecular formula is C16H17Cl2NO3S. The SMILES string of the molecule is O=[SH](=O)CN(Cc1ccccc1)c1cc(C(O)CCl)ccc1Cl. The molecule has 1 unspecified atom stereocenters. The van der Waals surface area contributed by atoms with Gasteiger partial charge >= 0.3 is 0 Å². The molecule has 124 valence electrons. The lowest BCUT2D eigenvalue weighted by atomic mass is 10.1. The van der Waals surface area contributed by atoms with Crippen LogP contribution in [0.4, 0.5) is 5.69 Å². The van der Waals surface area contributed by atoms with Gasteiger partial charge < -0.3 is 10.0 Å². The maximum absolute atomic E-state index is 11.2. The molecule has 0 fully saturated rings. The minimum atomic E-state index is -2.62. The average Bonchev–Trinajstić information content (AvgIpc) is 2.54. The predicted octanol–water partition coefficient (Wildman–Crippen LogP) is 3.19. The van der Waals surface area contributed by atoms with Gasteiger partial charge in [0.15, 0.2) is 10.7 Å². The first-order valence-corrected chi connectivity index (χ1v) is 9.23. The number of aliphatic hydroxyl groups is 1. The fourth-order valence-electron chi connectivity index (χ4n) is 2.22. The van der Waals surface area contributed by atoms with Crippen LogP contribution >= 0.6 is 23.2 Å². The van der Waals surface area contributed by atoms with E-state index in [1.165, 1.54) is 0 Å². The summed E-state index contributed by atoms with van der Waals surface area (Å²) in [4.78, 5) is 1.66. The summed E-state index contributed by atoms with van der Waals surface area (Å²) in [5.41, 5.74) is 2.11. The summed E-state index contributed by atoms with van der Waals surface area (Å²) in [7, 11) is -2.62. The second-order valence-electron chi connectivity index (χ2n) is 5.04. The molecule has 0 aliphatic heterocycles. The van der Waals surface area contributed by atoms with Gasteiger partial charge in [0.2, 0.25) is 0 Å². The summed E-state index contributed by atoms with van der Waals surface area (Å²) in [6, 6.07) is 14.5. The highest BCUT2D eigenvalue weighted by molar-refractivity contribution is 7.72. The molecule has 23 heavy (non-hydrogen) atoms. The molecule has 2 aromatic carbocycles. The number of rotatable bonds is 7. The topological polar surface area (TPSA) is 57.6 Å². The summed E-state index contributed by atoms with van der Waals surface area (Å²) in [6.07, 6.45) is -0.827. The molecule has 2 aromatic rings. The van der Waals surface area contributed by atoms with Crippen LogP contribution in [0.3, 0.4) is 0 Å². The Morgan fingerprint density at radius 1 is 1.13 bits per heavy atom. The Kier molecular flexibility index (Phi) is 6.72. The van der Waals surface area contributed by atoms with Crippen LogP contribution in [0.2, 0.25) is 5.02 Å². The van der Waals surface area contributed by atoms with Gasteiger partial charge in [-0.3, -0.25) is 0 Å². The molecule has 0 aliphatic carbocycles. The zero-order valence-electron chi connectivity index (χ0n) is 12.2. The van der Waals surface area contributed by atoms with E-state index in [1.807, 2.05) is 30.3 Å². The van der Waals surface area contributed by atoms with Crippen LogP contribution in [0.5, 0.6) is 0 Å². The maximum Gasteiger partial charge on any atom is 0.158 e. The second-order valence-corrected chi connectivity index (χ2v) is 6.70. The Labute approximate surface area is 147 Å². The summed E-state index contributed by atoms with van der Waals surface area (Å²) in [5.74, 6) is -0.111. The third-order valence-electron chi connectivity index (χ3n) is 3.34. The lowest BCUT2D eigenvalue weighted by Gasteiger charge is -2.24. The lowest BCUT2D eigenvalue weighted by molar-refractivity contribution is 0.202. The molecule has 1 N–H and O–H groups in total. The van der Waals surface area contributed by atoms with Gasteiger partial charge in [-0.15, -0.1) is 11.6 Å². The van der Waals surface area contributed by atoms with Crippen molar-refractivity contribution in [3.63, 3.8) is 0 Å². The van der Waals surface area contributed by atoms with Crippen molar-refractivity contribution >= 4 is 39.6 Å². The van der Waals surface area contributed by atoms with Crippen LogP contribution in [-0.2, 0) is 17.2 Å². The van der Waals surface area contributed by atoms with Crippen molar-refractivity contribution in [1.82, 2.24) is 0 Å². The van der Waals surface area contributed by atoms with Gasteiger partial charge in [0, 0.05) is 6.54 Å². The van der Waals surface area contributed by atoms with Crippen LogP contribution in [0.1, 0.15) is 17.2 Å². The number of benzene rings is 2. The van der Waals surface area contributed by atoms with Crippen molar-refractivity contribution in [2.75, 3.05) is 16.7 Å². The van der Waals surface area contributed by atoms with Crippen LogP contribution in [0.25, 0.3) is 0 Å². The van der Waals surface area contributed by atoms with E-state index >= 15 is 0 Å². The van der Waals surface area contributed by atoms with E-state index < -0.39 is 16.8 Å². The third kappa shape index (κ3) is 5.11. The predicted molar refractivity (Wildman–Crippen MR) is 94.9 cm³/mol. The van der Waals surface area contributed by atoms with Gasteiger partial charge in [0.25, 0.3) is 0 Å². The van der Waals surface area contributed by atoms with Crippen molar-refractivity contribution in [2.45, 2.75) is 12.6 Å². The summed E-state index contributed by atoms with van der Waals surface area (Å²) in [6.45, 7) is 0.393. The summed E-state index contributed by atoms with van der Waals surface area (Å²) < 4.78 is 22.5. The average molecular weight is 374 g/mol. The number of halogens is 2. The molecule has 0 aliphatic rings. The van der Waals surface area contributed by atoms with E-state index in [2.05, 4.69) is 0 Å². The van der Waals surface area contributed by atoms with Crippen LogP contribution in [-0.4, -0.2) is 25.3 Å². The number of thiol groups is 1. The van der Waals surface area contributed by atoms with Crippen molar-refractivity contribution in [1.29, 1.82) is 0 Å². The fourth-order valence-corrected chi connectivity index (χ4v) is 3.17. The zero-order chi connectivity index (χ0) is 16.8. The van der Waals surface area contributed by atoms with Gasteiger partial charge in [-0.25, -0.2) is 8.42 Å². The van der Waals surface area contributed by atoms with Crippen LogP contribution < -0.4 is 4.90 Å². The number of aliphatic hydroxyl groups excluding tert-OH is 1. The van der Waals surface area contributed by atoms with Gasteiger partial charge in [-0.05, 0) is 23.3 Å². The molecule has 0 heterocycles. The normalized spacial score (nSPS) is 12.3. The van der Waals surface area contributed by atoms with Gasteiger partial charge in [0.05, 0.1) is 22.7 Å². The first-order valence-electron chi connectivity index (χ1n) is 6.95. The molecule has 4 nitrogen and oxygen atoms in total. The van der Waals surface area contributed by atoms with Crippen molar-refractivity contribution in [3.05, 3.63) is 64.7 Å². The highest BCUT2D eigenvalue weighted by Gasteiger charge is 2.15.